The van der Waals surface area contributed by atoms with Crippen LogP contribution in [-0.2, 0) is 29.0 Å². The molecule has 1 N–H and O–H groups in total. The van der Waals surface area contributed by atoms with Gasteiger partial charge in [0.05, 0.1) is 6.42 Å². The molecular formula is C31H35ClN2O2. The van der Waals surface area contributed by atoms with E-state index in [4.69, 9.17) is 11.6 Å². The molecule has 188 valence electrons. The number of nitrogens with zero attached hydrogens (tertiary/aromatic N) is 1. The zero-order valence-corrected chi connectivity index (χ0v) is 21.7. The van der Waals surface area contributed by atoms with Crippen LogP contribution in [0.15, 0.2) is 78.9 Å². The number of hydrogen-bond acceptors (Lipinski definition) is 2. The first-order valence-electron chi connectivity index (χ1n) is 12.9. The molecular weight excluding hydrogens is 468 g/mol. The lowest BCUT2D eigenvalue weighted by Gasteiger charge is -2.33. The van der Waals surface area contributed by atoms with E-state index in [1.54, 1.807) is 11.0 Å². The number of halogens is 1. The first kappa shape index (κ1) is 26.0. The minimum absolute atomic E-state index is 0.0714. The van der Waals surface area contributed by atoms with Crippen molar-refractivity contribution >= 4 is 23.4 Å². The highest BCUT2D eigenvalue weighted by molar-refractivity contribution is 6.30. The van der Waals surface area contributed by atoms with Gasteiger partial charge in [0.1, 0.15) is 6.04 Å². The zero-order valence-electron chi connectivity index (χ0n) is 21.0. The summed E-state index contributed by atoms with van der Waals surface area (Å²) in [5, 5.41) is 3.89. The van der Waals surface area contributed by atoms with Gasteiger partial charge in [-0.1, -0.05) is 103 Å². The van der Waals surface area contributed by atoms with E-state index in [0.717, 1.165) is 47.9 Å². The van der Waals surface area contributed by atoms with Crippen molar-refractivity contribution in [1.82, 2.24) is 10.2 Å². The molecule has 3 aromatic carbocycles. The molecule has 4 rings (SSSR count). The van der Waals surface area contributed by atoms with Gasteiger partial charge in [-0.3, -0.25) is 9.59 Å². The Labute approximate surface area is 219 Å². The van der Waals surface area contributed by atoms with Crippen molar-refractivity contribution in [2.24, 2.45) is 0 Å². The summed E-state index contributed by atoms with van der Waals surface area (Å²) in [6.45, 7) is 2.41. The summed E-state index contributed by atoms with van der Waals surface area (Å²) in [6.07, 6.45) is 6.14. The zero-order chi connectivity index (χ0) is 25.3. The maximum absolute atomic E-state index is 13.8. The van der Waals surface area contributed by atoms with Gasteiger partial charge in [-0.15, -0.1) is 0 Å². The van der Waals surface area contributed by atoms with E-state index >= 15 is 0 Å². The van der Waals surface area contributed by atoms with Crippen LogP contribution in [-0.4, -0.2) is 28.8 Å². The molecule has 0 saturated heterocycles. The van der Waals surface area contributed by atoms with Crippen molar-refractivity contribution in [1.29, 1.82) is 0 Å². The van der Waals surface area contributed by atoms with Crippen molar-refractivity contribution < 1.29 is 9.59 Å². The standard InChI is InChI=1S/C31H35ClN2O2/c1-23-10-8-14-26(18-23)22-34(30(35)21-25-13-9-15-27(32)19-25)29(20-24-11-4-2-5-12-24)31(36)33-28-16-6-3-7-17-28/h2,4-5,8-15,18-19,28-29H,3,6-7,16-17,20-22H2,1H3,(H,33,36)/t29-/m0/s1. The van der Waals surface area contributed by atoms with E-state index in [1.165, 1.54) is 6.42 Å². The van der Waals surface area contributed by atoms with E-state index in [-0.39, 0.29) is 24.3 Å². The van der Waals surface area contributed by atoms with Crippen molar-refractivity contribution in [3.05, 3.63) is 106 Å². The number of benzene rings is 3. The second-order valence-electron chi connectivity index (χ2n) is 9.87. The largest absolute Gasteiger partial charge is 0.352 e. The SMILES string of the molecule is Cc1cccc(CN(C(=O)Cc2cccc(Cl)c2)[C@@H](Cc2ccccc2)C(=O)NC2CCCCC2)c1. The Hall–Kier alpha value is -3.11. The van der Waals surface area contributed by atoms with Crippen LogP contribution in [0.4, 0.5) is 0 Å². The molecule has 0 heterocycles. The smallest absolute Gasteiger partial charge is 0.243 e. The highest BCUT2D eigenvalue weighted by Crippen LogP contribution is 2.21. The van der Waals surface area contributed by atoms with Gasteiger partial charge in [0.2, 0.25) is 11.8 Å². The van der Waals surface area contributed by atoms with Gasteiger partial charge < -0.3 is 10.2 Å². The van der Waals surface area contributed by atoms with Crippen molar-refractivity contribution in [2.75, 3.05) is 0 Å². The Balaban J connectivity index is 1.65. The normalized spacial score (nSPS) is 14.7. The quantitative estimate of drug-likeness (QED) is 0.374. The Morgan fingerprint density at radius 2 is 1.58 bits per heavy atom. The first-order chi connectivity index (χ1) is 17.5. The molecule has 3 aromatic rings. The van der Waals surface area contributed by atoms with Gasteiger partial charge in [0, 0.05) is 24.0 Å². The molecule has 1 aliphatic carbocycles. The van der Waals surface area contributed by atoms with Gasteiger partial charge >= 0.3 is 0 Å². The van der Waals surface area contributed by atoms with Crippen molar-refractivity contribution in [3.8, 4) is 0 Å². The Morgan fingerprint density at radius 1 is 0.889 bits per heavy atom. The fourth-order valence-corrected chi connectivity index (χ4v) is 5.24. The molecule has 0 bridgehead atoms. The molecule has 0 aromatic heterocycles. The number of amides is 2. The number of carbonyl (C=O) groups is 2. The molecule has 0 unspecified atom stereocenters. The van der Waals surface area contributed by atoms with Crippen LogP contribution in [0.1, 0.15) is 54.4 Å². The minimum Gasteiger partial charge on any atom is -0.352 e. The molecule has 0 radical (unpaired) electrons. The third-order valence-electron chi connectivity index (χ3n) is 6.90. The third-order valence-corrected chi connectivity index (χ3v) is 7.14. The van der Waals surface area contributed by atoms with Gasteiger partial charge in [-0.2, -0.15) is 0 Å². The maximum atomic E-state index is 13.8. The predicted octanol–water partition coefficient (Wildman–Crippen LogP) is 6.28. The monoisotopic (exact) mass is 502 g/mol. The number of carbonyl (C=O) groups excluding carboxylic acids is 2. The Bertz CT molecular complexity index is 1160. The van der Waals surface area contributed by atoms with Crippen LogP contribution in [0.5, 0.6) is 0 Å². The average molecular weight is 503 g/mol. The first-order valence-corrected chi connectivity index (χ1v) is 13.3. The van der Waals surface area contributed by atoms with Gasteiger partial charge in [-0.25, -0.2) is 0 Å². The summed E-state index contributed by atoms with van der Waals surface area (Å²) in [5.74, 6) is -0.156. The molecule has 0 spiro atoms. The fraction of sp³-hybridized carbons (Fsp3) is 0.355. The van der Waals surface area contributed by atoms with E-state index in [9.17, 15) is 9.59 Å². The van der Waals surface area contributed by atoms with Crippen LogP contribution in [0.3, 0.4) is 0 Å². The molecule has 5 heteroatoms. The molecule has 1 aliphatic rings. The van der Waals surface area contributed by atoms with Crippen LogP contribution < -0.4 is 5.32 Å². The second-order valence-corrected chi connectivity index (χ2v) is 10.3. The van der Waals surface area contributed by atoms with E-state index in [2.05, 4.69) is 11.4 Å². The summed E-state index contributed by atoms with van der Waals surface area (Å²) in [4.78, 5) is 29.4. The molecule has 2 amide bonds. The lowest BCUT2D eigenvalue weighted by molar-refractivity contribution is -0.141. The average Bonchev–Trinajstić information content (AvgIpc) is 2.87. The highest BCUT2D eigenvalue weighted by Gasteiger charge is 2.32. The number of nitrogens with one attached hydrogen (secondary N) is 1. The predicted molar refractivity (Wildman–Crippen MR) is 146 cm³/mol. The molecule has 0 aliphatic heterocycles. The van der Waals surface area contributed by atoms with E-state index in [0.29, 0.717) is 18.0 Å². The second kappa shape index (κ2) is 12.7. The number of rotatable bonds is 9. The maximum Gasteiger partial charge on any atom is 0.243 e. The highest BCUT2D eigenvalue weighted by atomic mass is 35.5. The van der Waals surface area contributed by atoms with Crippen molar-refractivity contribution in [2.45, 2.75) is 70.5 Å². The molecule has 1 atom stereocenters. The van der Waals surface area contributed by atoms with Gasteiger partial charge in [0.15, 0.2) is 0 Å². The summed E-state index contributed by atoms with van der Waals surface area (Å²) in [6, 6.07) is 25.0. The van der Waals surface area contributed by atoms with Crippen molar-refractivity contribution in [3.63, 3.8) is 0 Å². The molecule has 1 saturated carbocycles. The third kappa shape index (κ3) is 7.44. The van der Waals surface area contributed by atoms with Gasteiger partial charge in [0.25, 0.3) is 0 Å². The fourth-order valence-electron chi connectivity index (χ4n) is 5.03. The molecule has 1 fully saturated rings. The van der Waals surface area contributed by atoms with Crippen LogP contribution >= 0.6 is 11.6 Å². The lowest BCUT2D eigenvalue weighted by atomic mass is 9.94. The van der Waals surface area contributed by atoms with Crippen LogP contribution in [0.2, 0.25) is 5.02 Å². The Morgan fingerprint density at radius 3 is 2.31 bits per heavy atom. The number of hydrogen-bond donors (Lipinski definition) is 1. The minimum atomic E-state index is -0.610. The lowest BCUT2D eigenvalue weighted by Crippen LogP contribution is -2.53. The summed E-state index contributed by atoms with van der Waals surface area (Å²) in [7, 11) is 0. The summed E-state index contributed by atoms with van der Waals surface area (Å²) >= 11 is 6.19. The van der Waals surface area contributed by atoms with E-state index in [1.807, 2.05) is 73.7 Å². The Kier molecular flexibility index (Phi) is 9.18. The summed E-state index contributed by atoms with van der Waals surface area (Å²) < 4.78 is 0. The number of aryl methyl sites for hydroxylation is 1. The summed E-state index contributed by atoms with van der Waals surface area (Å²) in [5.41, 5.74) is 4.01. The topological polar surface area (TPSA) is 49.4 Å². The molecule has 4 nitrogen and oxygen atoms in total. The van der Waals surface area contributed by atoms with Crippen LogP contribution in [0, 0.1) is 6.92 Å². The molecule has 36 heavy (non-hydrogen) atoms. The van der Waals surface area contributed by atoms with E-state index < -0.39 is 6.04 Å². The van der Waals surface area contributed by atoms with Gasteiger partial charge in [-0.05, 0) is 48.6 Å². The van der Waals surface area contributed by atoms with Crippen LogP contribution in [0.25, 0.3) is 0 Å².